The number of benzene rings is 2. The van der Waals surface area contributed by atoms with Crippen LogP contribution in [0, 0.1) is 5.82 Å². The fourth-order valence-corrected chi connectivity index (χ4v) is 2.72. The summed E-state index contributed by atoms with van der Waals surface area (Å²) in [4.78, 5) is 4.55. The van der Waals surface area contributed by atoms with E-state index in [-0.39, 0.29) is 11.2 Å². The van der Waals surface area contributed by atoms with Gasteiger partial charge in [-0.1, -0.05) is 22.0 Å². The molecular formula is C15H11BrClFN2. The van der Waals surface area contributed by atoms with Crippen molar-refractivity contribution in [3.63, 3.8) is 0 Å². The Morgan fingerprint density at radius 1 is 1.25 bits per heavy atom. The van der Waals surface area contributed by atoms with Crippen molar-refractivity contribution in [3.8, 4) is 5.69 Å². The number of alkyl halides is 1. The predicted octanol–water partition coefficient (Wildman–Crippen LogP) is 5.23. The lowest BCUT2D eigenvalue weighted by Crippen LogP contribution is -2.02. The van der Waals surface area contributed by atoms with E-state index < -0.39 is 0 Å². The number of fused-ring (bicyclic) bond motifs is 1. The Bertz CT molecular complexity index is 783. The molecule has 0 radical (unpaired) electrons. The van der Waals surface area contributed by atoms with Crippen LogP contribution < -0.4 is 0 Å². The lowest BCUT2D eigenvalue weighted by Gasteiger charge is -2.10. The highest BCUT2D eigenvalue weighted by Gasteiger charge is 2.16. The van der Waals surface area contributed by atoms with Gasteiger partial charge in [-0.15, -0.1) is 11.6 Å². The van der Waals surface area contributed by atoms with E-state index in [1.165, 1.54) is 12.1 Å². The highest BCUT2D eigenvalue weighted by atomic mass is 79.9. The van der Waals surface area contributed by atoms with Gasteiger partial charge in [0.05, 0.1) is 22.1 Å². The molecule has 0 N–H and O–H groups in total. The van der Waals surface area contributed by atoms with E-state index in [4.69, 9.17) is 11.6 Å². The van der Waals surface area contributed by atoms with Crippen molar-refractivity contribution < 1.29 is 4.39 Å². The molecule has 0 aliphatic carbocycles. The van der Waals surface area contributed by atoms with Crippen LogP contribution in [0.3, 0.4) is 0 Å². The number of imidazole rings is 1. The molecule has 2 aromatic carbocycles. The van der Waals surface area contributed by atoms with Crippen molar-refractivity contribution >= 4 is 38.6 Å². The van der Waals surface area contributed by atoms with E-state index in [1.807, 2.05) is 35.8 Å². The Morgan fingerprint density at radius 2 is 2.05 bits per heavy atom. The number of aromatic nitrogens is 2. The zero-order valence-electron chi connectivity index (χ0n) is 10.6. The van der Waals surface area contributed by atoms with Gasteiger partial charge in [0.25, 0.3) is 0 Å². The van der Waals surface area contributed by atoms with Gasteiger partial charge in [0.1, 0.15) is 11.6 Å². The standard InChI is InChI=1S/C15H11BrClFN2/c1-9(17)15-19-13-6-5-10(16)7-14(13)20(15)12-4-2-3-11(18)8-12/h2-9H,1H3. The van der Waals surface area contributed by atoms with Crippen molar-refractivity contribution in [1.82, 2.24) is 9.55 Å². The summed E-state index contributed by atoms with van der Waals surface area (Å²) in [6, 6.07) is 12.2. The summed E-state index contributed by atoms with van der Waals surface area (Å²) in [6.45, 7) is 1.85. The molecule has 3 aromatic rings. The minimum atomic E-state index is -0.285. The third-order valence-corrected chi connectivity index (χ3v) is 3.75. The summed E-state index contributed by atoms with van der Waals surface area (Å²) >= 11 is 9.67. The summed E-state index contributed by atoms with van der Waals surface area (Å²) in [5.41, 5.74) is 2.44. The molecule has 2 nitrogen and oxygen atoms in total. The number of halogens is 3. The maximum Gasteiger partial charge on any atom is 0.132 e. The summed E-state index contributed by atoms with van der Waals surface area (Å²) < 4.78 is 16.3. The van der Waals surface area contributed by atoms with Crippen molar-refractivity contribution in [2.24, 2.45) is 0 Å². The first-order chi connectivity index (χ1) is 9.56. The molecule has 0 fully saturated rings. The molecule has 0 bridgehead atoms. The van der Waals surface area contributed by atoms with Gasteiger partial charge in [-0.3, -0.25) is 4.57 Å². The number of nitrogens with zero attached hydrogens (tertiary/aromatic N) is 2. The van der Waals surface area contributed by atoms with Crippen LogP contribution in [0.5, 0.6) is 0 Å². The van der Waals surface area contributed by atoms with Crippen LogP contribution in [0.2, 0.25) is 0 Å². The predicted molar refractivity (Wildman–Crippen MR) is 83.0 cm³/mol. The van der Waals surface area contributed by atoms with Gasteiger partial charge in [-0.2, -0.15) is 0 Å². The molecule has 0 aliphatic heterocycles. The van der Waals surface area contributed by atoms with Gasteiger partial charge >= 0.3 is 0 Å². The van der Waals surface area contributed by atoms with Gasteiger partial charge in [-0.25, -0.2) is 9.37 Å². The van der Waals surface area contributed by atoms with Crippen LogP contribution >= 0.6 is 27.5 Å². The molecule has 0 aliphatic rings. The van der Waals surface area contributed by atoms with Crippen LogP contribution in [-0.2, 0) is 0 Å². The first-order valence-corrected chi connectivity index (χ1v) is 7.37. The maximum absolute atomic E-state index is 13.5. The Hall–Kier alpha value is -1.39. The van der Waals surface area contributed by atoms with Gasteiger partial charge in [0, 0.05) is 4.47 Å². The Labute approximate surface area is 129 Å². The monoisotopic (exact) mass is 352 g/mol. The molecule has 102 valence electrons. The van der Waals surface area contributed by atoms with E-state index in [1.54, 1.807) is 6.07 Å². The first kappa shape index (κ1) is 13.6. The number of hydrogen-bond donors (Lipinski definition) is 0. The first-order valence-electron chi connectivity index (χ1n) is 6.14. The summed E-state index contributed by atoms with van der Waals surface area (Å²) in [5.74, 6) is 0.415. The van der Waals surface area contributed by atoms with Crippen molar-refractivity contribution in [1.29, 1.82) is 0 Å². The second kappa shape index (κ2) is 5.19. The number of hydrogen-bond acceptors (Lipinski definition) is 1. The second-order valence-corrected chi connectivity index (χ2v) is 6.10. The average molecular weight is 354 g/mol. The normalized spacial score (nSPS) is 12.8. The summed E-state index contributed by atoms with van der Waals surface area (Å²) in [6.07, 6.45) is 0. The Kier molecular flexibility index (Phi) is 3.52. The van der Waals surface area contributed by atoms with Gasteiger partial charge in [-0.05, 0) is 43.3 Å². The molecule has 1 aromatic heterocycles. The van der Waals surface area contributed by atoms with Crippen LogP contribution in [0.25, 0.3) is 16.7 Å². The van der Waals surface area contributed by atoms with Gasteiger partial charge in [0.15, 0.2) is 0 Å². The minimum absolute atomic E-state index is 0.274. The molecule has 0 spiro atoms. The lowest BCUT2D eigenvalue weighted by atomic mass is 10.2. The quantitative estimate of drug-likeness (QED) is 0.577. The Balaban J connectivity index is 2.36. The van der Waals surface area contributed by atoms with E-state index in [0.717, 1.165) is 15.5 Å². The second-order valence-electron chi connectivity index (χ2n) is 4.53. The average Bonchev–Trinajstić information content (AvgIpc) is 2.77. The molecule has 20 heavy (non-hydrogen) atoms. The van der Waals surface area contributed by atoms with Crippen molar-refractivity contribution in [2.75, 3.05) is 0 Å². The van der Waals surface area contributed by atoms with E-state index in [0.29, 0.717) is 11.5 Å². The molecule has 1 heterocycles. The third-order valence-electron chi connectivity index (χ3n) is 3.06. The van der Waals surface area contributed by atoms with E-state index in [2.05, 4.69) is 20.9 Å². The fraction of sp³-hybridized carbons (Fsp3) is 0.133. The van der Waals surface area contributed by atoms with Crippen LogP contribution in [0.1, 0.15) is 18.1 Å². The van der Waals surface area contributed by atoms with Crippen LogP contribution in [-0.4, -0.2) is 9.55 Å². The molecular weight excluding hydrogens is 343 g/mol. The lowest BCUT2D eigenvalue weighted by molar-refractivity contribution is 0.626. The summed E-state index contributed by atoms with van der Waals surface area (Å²) in [5, 5.41) is -0.274. The smallest absolute Gasteiger partial charge is 0.132 e. The molecule has 1 atom stereocenters. The van der Waals surface area contributed by atoms with E-state index >= 15 is 0 Å². The minimum Gasteiger partial charge on any atom is -0.295 e. The number of rotatable bonds is 2. The van der Waals surface area contributed by atoms with Gasteiger partial charge < -0.3 is 0 Å². The van der Waals surface area contributed by atoms with Crippen LogP contribution in [0.15, 0.2) is 46.9 Å². The highest BCUT2D eigenvalue weighted by Crippen LogP contribution is 2.29. The largest absolute Gasteiger partial charge is 0.295 e. The highest BCUT2D eigenvalue weighted by molar-refractivity contribution is 9.10. The van der Waals surface area contributed by atoms with E-state index in [9.17, 15) is 4.39 Å². The fourth-order valence-electron chi connectivity index (χ4n) is 2.22. The Morgan fingerprint density at radius 3 is 2.75 bits per heavy atom. The van der Waals surface area contributed by atoms with Crippen LogP contribution in [0.4, 0.5) is 4.39 Å². The molecule has 5 heteroatoms. The van der Waals surface area contributed by atoms with Crippen molar-refractivity contribution in [2.45, 2.75) is 12.3 Å². The van der Waals surface area contributed by atoms with Crippen molar-refractivity contribution in [3.05, 3.63) is 58.6 Å². The molecule has 1 unspecified atom stereocenters. The molecule has 3 rings (SSSR count). The molecule has 0 saturated carbocycles. The SMILES string of the molecule is CC(Cl)c1nc2ccc(Br)cc2n1-c1cccc(F)c1. The topological polar surface area (TPSA) is 17.8 Å². The maximum atomic E-state index is 13.5. The summed E-state index contributed by atoms with van der Waals surface area (Å²) in [7, 11) is 0. The molecule has 0 amide bonds. The molecule has 0 saturated heterocycles. The zero-order chi connectivity index (χ0) is 14.3. The third kappa shape index (κ3) is 2.34. The van der Waals surface area contributed by atoms with Gasteiger partial charge in [0.2, 0.25) is 0 Å². The zero-order valence-corrected chi connectivity index (χ0v) is 13.0.